The highest BCUT2D eigenvalue weighted by molar-refractivity contribution is 5.60. The Morgan fingerprint density at radius 3 is 2.93 bits per heavy atom. The van der Waals surface area contributed by atoms with Crippen LogP contribution in [0.25, 0.3) is 0 Å². The van der Waals surface area contributed by atoms with Gasteiger partial charge in [0, 0.05) is 6.04 Å². The van der Waals surface area contributed by atoms with E-state index < -0.39 is 0 Å². The Balaban J connectivity index is 2.20. The molecule has 0 spiro atoms. The van der Waals surface area contributed by atoms with Crippen LogP contribution in [0.4, 0.5) is 5.69 Å². The Morgan fingerprint density at radius 1 is 1.50 bits per heavy atom. The van der Waals surface area contributed by atoms with E-state index in [-0.39, 0.29) is 0 Å². The minimum Gasteiger partial charge on any atom is -0.505 e. The first-order valence-electron chi connectivity index (χ1n) is 4.99. The smallest absolute Gasteiger partial charge is 0.142 e. The molecule has 0 radical (unpaired) electrons. The number of aromatic hydroxyl groups is 1. The maximum absolute atomic E-state index is 9.89. The lowest BCUT2D eigenvalue weighted by Gasteiger charge is -2.09. The second kappa shape index (κ2) is 3.74. The highest BCUT2D eigenvalue weighted by atomic mass is 16.3. The summed E-state index contributed by atoms with van der Waals surface area (Å²) in [4.78, 5) is 0. The molecule has 2 rings (SSSR count). The average molecular weight is 189 g/mol. The molecule has 0 aromatic heterocycles. The van der Waals surface area contributed by atoms with Crippen LogP contribution in [0, 0.1) is 0 Å². The van der Waals surface area contributed by atoms with Gasteiger partial charge in [0.1, 0.15) is 5.75 Å². The van der Waals surface area contributed by atoms with E-state index in [0.717, 1.165) is 11.3 Å². The van der Waals surface area contributed by atoms with Crippen molar-refractivity contribution in [2.75, 3.05) is 5.32 Å². The van der Waals surface area contributed by atoms with Gasteiger partial charge in [-0.1, -0.05) is 18.2 Å². The normalized spacial score (nSPS) is 15.1. The van der Waals surface area contributed by atoms with Crippen molar-refractivity contribution in [3.63, 3.8) is 0 Å². The first kappa shape index (κ1) is 9.13. The summed E-state index contributed by atoms with van der Waals surface area (Å²) in [5, 5.41) is 13.2. The lowest BCUT2D eigenvalue weighted by Crippen LogP contribution is -2.01. The molecule has 0 saturated heterocycles. The number of allylic oxidation sites excluding steroid dienone is 1. The SMILES string of the molecule is C=CCc1cccc(NC2CC2)c1O. The highest BCUT2D eigenvalue weighted by Gasteiger charge is 2.22. The van der Waals surface area contributed by atoms with Gasteiger partial charge in [-0.25, -0.2) is 0 Å². The summed E-state index contributed by atoms with van der Waals surface area (Å²) < 4.78 is 0. The topological polar surface area (TPSA) is 32.3 Å². The number of rotatable bonds is 4. The van der Waals surface area contributed by atoms with Crippen LogP contribution in [0.5, 0.6) is 5.75 Å². The molecule has 1 fully saturated rings. The van der Waals surface area contributed by atoms with Crippen LogP contribution in [0.1, 0.15) is 18.4 Å². The molecule has 0 amide bonds. The van der Waals surface area contributed by atoms with Gasteiger partial charge in [-0.2, -0.15) is 0 Å². The van der Waals surface area contributed by atoms with Gasteiger partial charge in [0.2, 0.25) is 0 Å². The minimum absolute atomic E-state index is 0.374. The van der Waals surface area contributed by atoms with Crippen molar-refractivity contribution in [1.82, 2.24) is 0 Å². The number of benzene rings is 1. The molecule has 0 bridgehead atoms. The molecule has 2 heteroatoms. The fourth-order valence-electron chi connectivity index (χ4n) is 1.48. The molecule has 0 heterocycles. The highest BCUT2D eigenvalue weighted by Crippen LogP contribution is 2.32. The molecule has 1 aliphatic carbocycles. The van der Waals surface area contributed by atoms with E-state index in [1.54, 1.807) is 6.08 Å². The number of anilines is 1. The van der Waals surface area contributed by atoms with Crippen molar-refractivity contribution < 1.29 is 5.11 Å². The standard InChI is InChI=1S/C12H15NO/c1-2-4-9-5-3-6-11(12(9)14)13-10-7-8-10/h2-3,5-6,10,13-14H,1,4,7-8H2. The quantitative estimate of drug-likeness (QED) is 0.563. The van der Waals surface area contributed by atoms with Crippen molar-refractivity contribution in [3.8, 4) is 5.75 Å². The van der Waals surface area contributed by atoms with Crippen molar-refractivity contribution in [2.24, 2.45) is 0 Å². The summed E-state index contributed by atoms with van der Waals surface area (Å²) in [7, 11) is 0. The molecule has 2 N–H and O–H groups in total. The second-order valence-corrected chi connectivity index (χ2v) is 3.72. The fraction of sp³-hybridized carbons (Fsp3) is 0.333. The van der Waals surface area contributed by atoms with Gasteiger partial charge >= 0.3 is 0 Å². The Morgan fingerprint density at radius 2 is 2.29 bits per heavy atom. The zero-order valence-electron chi connectivity index (χ0n) is 8.16. The first-order valence-corrected chi connectivity index (χ1v) is 4.99. The third-order valence-electron chi connectivity index (χ3n) is 2.42. The Hall–Kier alpha value is -1.44. The Bertz CT molecular complexity index is 342. The fourth-order valence-corrected chi connectivity index (χ4v) is 1.48. The van der Waals surface area contributed by atoms with Gasteiger partial charge in [-0.3, -0.25) is 0 Å². The minimum atomic E-state index is 0.374. The summed E-state index contributed by atoms with van der Waals surface area (Å²) in [5.41, 5.74) is 1.79. The summed E-state index contributed by atoms with van der Waals surface area (Å²) in [5.74, 6) is 0.374. The predicted molar refractivity (Wildman–Crippen MR) is 58.7 cm³/mol. The van der Waals surface area contributed by atoms with E-state index in [2.05, 4.69) is 11.9 Å². The molecule has 2 nitrogen and oxygen atoms in total. The number of nitrogens with one attached hydrogen (secondary N) is 1. The van der Waals surface area contributed by atoms with Crippen LogP contribution < -0.4 is 5.32 Å². The zero-order chi connectivity index (χ0) is 9.97. The molecule has 1 aromatic carbocycles. The summed E-state index contributed by atoms with van der Waals surface area (Å²) in [6, 6.07) is 6.37. The van der Waals surface area contributed by atoms with Crippen LogP contribution in [0.3, 0.4) is 0 Å². The van der Waals surface area contributed by atoms with E-state index in [4.69, 9.17) is 0 Å². The third kappa shape index (κ3) is 1.90. The monoisotopic (exact) mass is 189 g/mol. The molecular formula is C12H15NO. The summed E-state index contributed by atoms with van der Waals surface area (Å²) >= 11 is 0. The number of phenols is 1. The van der Waals surface area contributed by atoms with Crippen LogP contribution in [-0.4, -0.2) is 11.1 Å². The van der Waals surface area contributed by atoms with Crippen LogP contribution in [-0.2, 0) is 6.42 Å². The van der Waals surface area contributed by atoms with Gasteiger partial charge in [-0.15, -0.1) is 6.58 Å². The first-order chi connectivity index (χ1) is 6.81. The second-order valence-electron chi connectivity index (χ2n) is 3.72. The average Bonchev–Trinajstić information content (AvgIpc) is 2.96. The van der Waals surface area contributed by atoms with Gasteiger partial charge < -0.3 is 10.4 Å². The van der Waals surface area contributed by atoms with E-state index in [1.165, 1.54) is 12.8 Å². The summed E-state index contributed by atoms with van der Waals surface area (Å²) in [6.45, 7) is 3.67. The van der Waals surface area contributed by atoms with Crippen molar-refractivity contribution in [2.45, 2.75) is 25.3 Å². The van der Waals surface area contributed by atoms with Crippen LogP contribution >= 0.6 is 0 Å². The molecule has 0 unspecified atom stereocenters. The van der Waals surface area contributed by atoms with E-state index in [1.807, 2.05) is 18.2 Å². The van der Waals surface area contributed by atoms with Crippen molar-refractivity contribution in [3.05, 3.63) is 36.4 Å². The van der Waals surface area contributed by atoms with Crippen molar-refractivity contribution >= 4 is 5.69 Å². The lowest BCUT2D eigenvalue weighted by molar-refractivity contribution is 0.471. The number of para-hydroxylation sites is 1. The largest absolute Gasteiger partial charge is 0.505 e. The number of hydrogen-bond donors (Lipinski definition) is 2. The van der Waals surface area contributed by atoms with E-state index >= 15 is 0 Å². The van der Waals surface area contributed by atoms with Gasteiger partial charge in [0.25, 0.3) is 0 Å². The number of phenolic OH excluding ortho intramolecular Hbond substituents is 1. The number of hydrogen-bond acceptors (Lipinski definition) is 2. The van der Waals surface area contributed by atoms with Gasteiger partial charge in [0.05, 0.1) is 5.69 Å². The zero-order valence-corrected chi connectivity index (χ0v) is 8.16. The Kier molecular flexibility index (Phi) is 2.44. The predicted octanol–water partition coefficient (Wildman–Crippen LogP) is 2.70. The van der Waals surface area contributed by atoms with Crippen LogP contribution in [0.2, 0.25) is 0 Å². The van der Waals surface area contributed by atoms with Gasteiger partial charge in [-0.05, 0) is 30.9 Å². The molecule has 14 heavy (non-hydrogen) atoms. The Labute approximate surface area is 84.3 Å². The molecule has 0 aliphatic heterocycles. The molecular weight excluding hydrogens is 174 g/mol. The van der Waals surface area contributed by atoms with E-state index in [9.17, 15) is 5.11 Å². The van der Waals surface area contributed by atoms with E-state index in [0.29, 0.717) is 18.2 Å². The maximum atomic E-state index is 9.89. The molecule has 74 valence electrons. The molecule has 1 aromatic rings. The summed E-state index contributed by atoms with van der Waals surface area (Å²) in [6.07, 6.45) is 4.94. The third-order valence-corrected chi connectivity index (χ3v) is 2.42. The lowest BCUT2D eigenvalue weighted by atomic mass is 10.1. The van der Waals surface area contributed by atoms with Crippen LogP contribution in [0.15, 0.2) is 30.9 Å². The molecule has 0 atom stereocenters. The van der Waals surface area contributed by atoms with Crippen molar-refractivity contribution in [1.29, 1.82) is 0 Å². The maximum Gasteiger partial charge on any atom is 0.142 e. The molecule has 1 saturated carbocycles. The molecule has 1 aliphatic rings. The van der Waals surface area contributed by atoms with Gasteiger partial charge in [0.15, 0.2) is 0 Å².